The molecule has 0 spiro atoms. The first-order valence-electron chi connectivity index (χ1n) is 7.30. The highest BCUT2D eigenvalue weighted by molar-refractivity contribution is 7.19. The molecule has 0 fully saturated rings. The van der Waals surface area contributed by atoms with Gasteiger partial charge in [-0.1, -0.05) is 37.3 Å². The average Bonchev–Trinajstić information content (AvgIpc) is 3.14. The van der Waals surface area contributed by atoms with Crippen LogP contribution in [0.15, 0.2) is 24.3 Å². The highest BCUT2D eigenvalue weighted by Gasteiger charge is 2.16. The summed E-state index contributed by atoms with van der Waals surface area (Å²) in [6.45, 7) is 6.71. The van der Waals surface area contributed by atoms with Crippen LogP contribution in [-0.2, 0) is 6.54 Å². The molecule has 0 unspecified atom stereocenters. The first-order valence-corrected chi connectivity index (χ1v) is 8.12. The molecule has 1 aromatic carbocycles. The molecule has 23 heavy (non-hydrogen) atoms. The average molecular weight is 332 g/mol. The lowest BCUT2D eigenvalue weighted by atomic mass is 10.2. The van der Waals surface area contributed by atoms with Gasteiger partial charge in [0.25, 0.3) is 5.69 Å². The van der Waals surface area contributed by atoms with E-state index in [0.717, 1.165) is 18.9 Å². The molecular formula is C14H16N6O2S. The first kappa shape index (κ1) is 15.5. The van der Waals surface area contributed by atoms with E-state index in [9.17, 15) is 10.1 Å². The lowest BCUT2D eigenvalue weighted by Crippen LogP contribution is -2.23. The van der Waals surface area contributed by atoms with Gasteiger partial charge >= 0.3 is 0 Å². The van der Waals surface area contributed by atoms with Crippen molar-refractivity contribution in [2.24, 2.45) is 0 Å². The summed E-state index contributed by atoms with van der Waals surface area (Å²) in [5, 5.41) is 24.5. The summed E-state index contributed by atoms with van der Waals surface area (Å²) in [6, 6.07) is 6.46. The Bertz CT molecular complexity index is 839. The molecule has 3 rings (SSSR count). The van der Waals surface area contributed by atoms with Crippen molar-refractivity contribution in [3.05, 3.63) is 40.2 Å². The minimum atomic E-state index is -0.407. The van der Waals surface area contributed by atoms with Crippen molar-refractivity contribution < 1.29 is 4.92 Å². The van der Waals surface area contributed by atoms with E-state index < -0.39 is 4.92 Å². The normalized spacial score (nSPS) is 11.4. The minimum absolute atomic E-state index is 0.0526. The van der Waals surface area contributed by atoms with Gasteiger partial charge < -0.3 is 0 Å². The van der Waals surface area contributed by atoms with Crippen LogP contribution in [-0.4, -0.2) is 42.7 Å². The van der Waals surface area contributed by atoms with Crippen LogP contribution >= 0.6 is 11.3 Å². The fraction of sp³-hybridized carbons (Fsp3) is 0.357. The van der Waals surface area contributed by atoms with Gasteiger partial charge in [0.1, 0.15) is 5.01 Å². The lowest BCUT2D eigenvalue weighted by Gasteiger charge is -2.15. The molecule has 0 radical (unpaired) electrons. The molecule has 0 aliphatic carbocycles. The molecule has 120 valence electrons. The monoisotopic (exact) mass is 332 g/mol. The second-order valence-electron chi connectivity index (χ2n) is 4.99. The summed E-state index contributed by atoms with van der Waals surface area (Å²) in [5.41, 5.74) is 0.764. The zero-order valence-corrected chi connectivity index (χ0v) is 13.7. The third kappa shape index (κ3) is 3.06. The minimum Gasteiger partial charge on any atom is -0.296 e. The summed E-state index contributed by atoms with van der Waals surface area (Å²) in [4.78, 5) is 13.4. The molecule has 2 heterocycles. The van der Waals surface area contributed by atoms with Gasteiger partial charge in [0.05, 0.1) is 11.5 Å². The highest BCUT2D eigenvalue weighted by atomic mass is 32.1. The Morgan fingerprint density at radius 2 is 2.09 bits per heavy atom. The second kappa shape index (κ2) is 6.39. The summed E-state index contributed by atoms with van der Waals surface area (Å²) in [6.07, 6.45) is 0. The molecule has 0 amide bonds. The number of benzene rings is 1. The van der Waals surface area contributed by atoms with E-state index in [2.05, 4.69) is 34.0 Å². The molecule has 8 nitrogen and oxygen atoms in total. The Kier molecular flexibility index (Phi) is 4.30. The Morgan fingerprint density at radius 3 is 2.78 bits per heavy atom. The Hall–Kier alpha value is -2.39. The third-order valence-corrected chi connectivity index (χ3v) is 4.57. The molecule has 0 bridgehead atoms. The zero-order chi connectivity index (χ0) is 16.4. The van der Waals surface area contributed by atoms with Crippen molar-refractivity contribution in [3.63, 3.8) is 0 Å². The van der Waals surface area contributed by atoms with Gasteiger partial charge in [0.15, 0.2) is 5.82 Å². The maximum absolute atomic E-state index is 10.9. The number of nitro benzene ring substituents is 1. The predicted molar refractivity (Wildman–Crippen MR) is 87.4 cm³/mol. The number of hydrogen-bond acceptors (Lipinski definition) is 7. The quantitative estimate of drug-likeness (QED) is 0.509. The Labute approximate surface area is 136 Å². The largest absolute Gasteiger partial charge is 0.296 e. The number of rotatable bonds is 6. The molecule has 2 aromatic heterocycles. The zero-order valence-electron chi connectivity index (χ0n) is 12.8. The van der Waals surface area contributed by atoms with E-state index in [1.165, 1.54) is 23.5 Å². The van der Waals surface area contributed by atoms with E-state index in [0.29, 0.717) is 22.1 Å². The maximum Gasteiger partial charge on any atom is 0.270 e. The van der Waals surface area contributed by atoms with E-state index in [-0.39, 0.29) is 5.69 Å². The molecular weight excluding hydrogens is 316 g/mol. The van der Waals surface area contributed by atoms with Crippen LogP contribution < -0.4 is 0 Å². The van der Waals surface area contributed by atoms with Crippen LogP contribution in [0.2, 0.25) is 0 Å². The van der Waals surface area contributed by atoms with Crippen LogP contribution in [0.1, 0.15) is 19.7 Å². The number of aromatic nitrogens is 4. The molecule has 0 saturated heterocycles. The Balaban J connectivity index is 1.96. The van der Waals surface area contributed by atoms with Gasteiger partial charge in [-0.15, -0.1) is 10.2 Å². The van der Waals surface area contributed by atoms with E-state index in [4.69, 9.17) is 0 Å². The number of fused-ring (bicyclic) bond motifs is 1. The van der Waals surface area contributed by atoms with Crippen molar-refractivity contribution in [1.82, 2.24) is 24.7 Å². The first-order chi connectivity index (χ1) is 11.1. The SMILES string of the molecule is CCN(CC)Cc1nnc2sc(-c3cccc([N+](=O)[O-])c3)nn12. The number of hydrogen-bond donors (Lipinski definition) is 0. The molecule has 0 aliphatic heterocycles. The summed E-state index contributed by atoms with van der Waals surface area (Å²) in [5.74, 6) is 0.775. The number of nitrogens with zero attached hydrogens (tertiary/aromatic N) is 6. The van der Waals surface area contributed by atoms with Crippen molar-refractivity contribution in [3.8, 4) is 10.6 Å². The van der Waals surface area contributed by atoms with Crippen molar-refractivity contribution in [1.29, 1.82) is 0 Å². The molecule has 0 saturated carbocycles. The van der Waals surface area contributed by atoms with Crippen LogP contribution in [0.5, 0.6) is 0 Å². The van der Waals surface area contributed by atoms with Crippen molar-refractivity contribution >= 4 is 22.0 Å². The van der Waals surface area contributed by atoms with E-state index in [1.54, 1.807) is 10.6 Å². The van der Waals surface area contributed by atoms with Gasteiger partial charge in [0, 0.05) is 17.7 Å². The maximum atomic E-state index is 10.9. The number of non-ortho nitro benzene ring substituents is 1. The van der Waals surface area contributed by atoms with Gasteiger partial charge in [-0.05, 0) is 13.1 Å². The standard InChI is InChI=1S/C14H16N6O2S/c1-3-18(4-2)9-12-15-16-14-19(12)17-13(23-14)10-6-5-7-11(8-10)20(21)22/h5-8H,3-4,9H2,1-2H3. The van der Waals surface area contributed by atoms with Crippen molar-refractivity contribution in [2.45, 2.75) is 20.4 Å². The molecule has 9 heteroatoms. The number of nitro groups is 1. The van der Waals surface area contributed by atoms with E-state index >= 15 is 0 Å². The highest BCUT2D eigenvalue weighted by Crippen LogP contribution is 2.28. The van der Waals surface area contributed by atoms with Crippen molar-refractivity contribution in [2.75, 3.05) is 13.1 Å². The second-order valence-corrected chi connectivity index (χ2v) is 5.94. The van der Waals surface area contributed by atoms with Gasteiger partial charge in [-0.3, -0.25) is 15.0 Å². The van der Waals surface area contributed by atoms with E-state index in [1.807, 2.05) is 6.07 Å². The third-order valence-electron chi connectivity index (χ3n) is 3.62. The van der Waals surface area contributed by atoms with Gasteiger partial charge in [-0.2, -0.15) is 9.61 Å². The fourth-order valence-electron chi connectivity index (χ4n) is 2.27. The van der Waals surface area contributed by atoms with Crippen LogP contribution in [0, 0.1) is 10.1 Å². The van der Waals surface area contributed by atoms with Gasteiger partial charge in [-0.25, -0.2) is 0 Å². The predicted octanol–water partition coefficient (Wildman–Crippen LogP) is 2.60. The van der Waals surface area contributed by atoms with Crippen LogP contribution in [0.4, 0.5) is 5.69 Å². The topological polar surface area (TPSA) is 89.5 Å². The lowest BCUT2D eigenvalue weighted by molar-refractivity contribution is -0.384. The van der Waals surface area contributed by atoms with Gasteiger partial charge in [0.2, 0.25) is 4.96 Å². The Morgan fingerprint density at radius 1 is 1.30 bits per heavy atom. The molecule has 0 N–H and O–H groups in total. The summed E-state index contributed by atoms with van der Waals surface area (Å²) < 4.78 is 1.72. The van der Waals surface area contributed by atoms with Crippen LogP contribution in [0.25, 0.3) is 15.5 Å². The summed E-state index contributed by atoms with van der Waals surface area (Å²) in [7, 11) is 0. The molecule has 0 aliphatic rings. The molecule has 0 atom stereocenters. The smallest absolute Gasteiger partial charge is 0.270 e. The molecule has 3 aromatic rings. The fourth-order valence-corrected chi connectivity index (χ4v) is 3.13. The van der Waals surface area contributed by atoms with Crippen LogP contribution in [0.3, 0.4) is 0 Å². The summed E-state index contributed by atoms with van der Waals surface area (Å²) >= 11 is 1.37.